The van der Waals surface area contributed by atoms with Gasteiger partial charge in [-0.15, -0.1) is 0 Å². The van der Waals surface area contributed by atoms with Crippen LogP contribution in [0.25, 0.3) is 0 Å². The van der Waals surface area contributed by atoms with Gasteiger partial charge >= 0.3 is 0 Å². The van der Waals surface area contributed by atoms with Crippen LogP contribution in [0.2, 0.25) is 5.02 Å². The highest BCUT2D eigenvalue weighted by atomic mass is 35.5. The molecule has 2 rings (SSSR count). The smallest absolute Gasteiger partial charge is 0.266 e. The summed E-state index contributed by atoms with van der Waals surface area (Å²) in [6.45, 7) is 1.72. The van der Waals surface area contributed by atoms with Gasteiger partial charge in [0.25, 0.3) is 10.0 Å². The van der Waals surface area contributed by atoms with Crippen molar-refractivity contribution in [1.29, 1.82) is 0 Å². The van der Waals surface area contributed by atoms with Crippen molar-refractivity contribution in [3.8, 4) is 0 Å². The minimum Gasteiger partial charge on any atom is -0.281 e. The average molecular weight is 290 g/mol. The van der Waals surface area contributed by atoms with Gasteiger partial charge < -0.3 is 0 Å². The van der Waals surface area contributed by atoms with Crippen LogP contribution >= 0.6 is 11.6 Å². The molecule has 0 aliphatic rings. The van der Waals surface area contributed by atoms with Gasteiger partial charge in [0, 0.05) is 16.8 Å². The molecule has 8 heteroatoms. The van der Waals surface area contributed by atoms with Gasteiger partial charge in [-0.3, -0.25) is 9.82 Å². The molecule has 2 N–H and O–H groups in total. The van der Waals surface area contributed by atoms with Gasteiger partial charge in [0.05, 0.1) is 0 Å². The lowest BCUT2D eigenvalue weighted by molar-refractivity contribution is 0.570. The highest BCUT2D eigenvalue weighted by Crippen LogP contribution is 2.21. The number of aromatic nitrogens is 2. The second-order valence-corrected chi connectivity index (χ2v) is 5.70. The van der Waals surface area contributed by atoms with E-state index in [2.05, 4.69) is 14.9 Å². The van der Waals surface area contributed by atoms with Crippen LogP contribution in [0.15, 0.2) is 29.2 Å². The molecule has 0 bridgehead atoms. The van der Waals surface area contributed by atoms with E-state index in [1.165, 1.54) is 12.1 Å². The molecular formula is C10H9ClFN3O2S. The molecule has 1 aromatic heterocycles. The van der Waals surface area contributed by atoms with Gasteiger partial charge in [0.15, 0.2) is 5.82 Å². The number of hydrogen-bond donors (Lipinski definition) is 2. The van der Waals surface area contributed by atoms with E-state index in [1.807, 2.05) is 0 Å². The molecule has 18 heavy (non-hydrogen) atoms. The summed E-state index contributed by atoms with van der Waals surface area (Å²) in [4.78, 5) is -0.479. The number of anilines is 1. The summed E-state index contributed by atoms with van der Waals surface area (Å²) < 4.78 is 39.5. The Morgan fingerprint density at radius 1 is 1.39 bits per heavy atom. The molecular weight excluding hydrogens is 281 g/mol. The summed E-state index contributed by atoms with van der Waals surface area (Å²) in [7, 11) is -4.01. The van der Waals surface area contributed by atoms with Crippen molar-refractivity contribution in [2.24, 2.45) is 0 Å². The van der Waals surface area contributed by atoms with E-state index < -0.39 is 20.7 Å². The number of rotatable bonds is 3. The molecule has 0 aliphatic carbocycles. The standard InChI is InChI=1S/C10H9ClFN3O2S/c1-6-4-10(14-13-6)15-18(16,17)9-3-2-7(11)5-8(9)12/h2-5H,1H3,(H2,13,14,15). The van der Waals surface area contributed by atoms with Crippen LogP contribution in [0.3, 0.4) is 0 Å². The minimum atomic E-state index is -4.01. The average Bonchev–Trinajstić information content (AvgIpc) is 2.62. The number of sulfonamides is 1. The van der Waals surface area contributed by atoms with E-state index in [0.29, 0.717) is 5.69 Å². The highest BCUT2D eigenvalue weighted by Gasteiger charge is 2.20. The number of nitrogens with one attached hydrogen (secondary N) is 2. The zero-order valence-electron chi connectivity index (χ0n) is 9.24. The summed E-state index contributed by atoms with van der Waals surface area (Å²) in [6.07, 6.45) is 0. The third kappa shape index (κ3) is 2.62. The van der Waals surface area contributed by atoms with E-state index in [0.717, 1.165) is 12.1 Å². The van der Waals surface area contributed by atoms with Crippen molar-refractivity contribution in [1.82, 2.24) is 10.2 Å². The third-order valence-corrected chi connectivity index (χ3v) is 3.75. The second-order valence-electron chi connectivity index (χ2n) is 3.62. The van der Waals surface area contributed by atoms with Crippen molar-refractivity contribution < 1.29 is 12.8 Å². The summed E-state index contributed by atoms with van der Waals surface area (Å²) in [5.74, 6) is -0.816. The number of aryl methyl sites for hydroxylation is 1. The Morgan fingerprint density at radius 3 is 2.67 bits per heavy atom. The normalized spacial score (nSPS) is 11.5. The first-order chi connectivity index (χ1) is 8.38. The lowest BCUT2D eigenvalue weighted by Crippen LogP contribution is -2.14. The fourth-order valence-electron chi connectivity index (χ4n) is 1.36. The molecule has 0 fully saturated rings. The molecule has 0 unspecified atom stereocenters. The summed E-state index contributed by atoms with van der Waals surface area (Å²) in [5.41, 5.74) is 0.685. The zero-order valence-corrected chi connectivity index (χ0v) is 10.8. The molecule has 96 valence electrons. The molecule has 0 radical (unpaired) electrons. The molecule has 2 aromatic rings. The number of nitrogens with zero attached hydrogens (tertiary/aromatic N) is 1. The van der Waals surface area contributed by atoms with Gasteiger partial charge in [-0.25, -0.2) is 12.8 Å². The van der Waals surface area contributed by atoms with Crippen LogP contribution in [-0.2, 0) is 10.0 Å². The predicted molar refractivity (Wildman–Crippen MR) is 65.5 cm³/mol. The predicted octanol–water partition coefficient (Wildman–Crippen LogP) is 2.31. The van der Waals surface area contributed by atoms with Crippen molar-refractivity contribution >= 4 is 27.4 Å². The van der Waals surface area contributed by atoms with E-state index in [-0.39, 0.29) is 10.8 Å². The van der Waals surface area contributed by atoms with Crippen molar-refractivity contribution in [3.63, 3.8) is 0 Å². The molecule has 0 saturated heterocycles. The maximum absolute atomic E-state index is 13.5. The lowest BCUT2D eigenvalue weighted by atomic mass is 10.3. The Hall–Kier alpha value is -1.60. The fraction of sp³-hybridized carbons (Fsp3) is 0.100. The summed E-state index contributed by atoms with van der Waals surface area (Å²) >= 11 is 5.56. The molecule has 1 aromatic carbocycles. The van der Waals surface area contributed by atoms with E-state index >= 15 is 0 Å². The molecule has 1 heterocycles. The lowest BCUT2D eigenvalue weighted by Gasteiger charge is -2.06. The zero-order chi connectivity index (χ0) is 13.3. The number of hydrogen-bond acceptors (Lipinski definition) is 3. The van der Waals surface area contributed by atoms with Gasteiger partial charge in [0.1, 0.15) is 10.7 Å². The number of halogens is 2. The Morgan fingerprint density at radius 2 is 2.11 bits per heavy atom. The number of aromatic amines is 1. The van der Waals surface area contributed by atoms with Crippen molar-refractivity contribution in [3.05, 3.63) is 40.8 Å². The fourth-order valence-corrected chi connectivity index (χ4v) is 2.57. The van der Waals surface area contributed by atoms with Crippen molar-refractivity contribution in [2.75, 3.05) is 4.72 Å². The maximum atomic E-state index is 13.5. The second kappa shape index (κ2) is 4.58. The van der Waals surface area contributed by atoms with Gasteiger partial charge in [-0.2, -0.15) is 5.10 Å². The molecule has 0 atom stereocenters. The summed E-state index contributed by atoms with van der Waals surface area (Å²) in [5, 5.41) is 6.41. The summed E-state index contributed by atoms with van der Waals surface area (Å²) in [6, 6.07) is 4.83. The number of benzene rings is 1. The first-order valence-electron chi connectivity index (χ1n) is 4.88. The van der Waals surface area contributed by atoms with Crippen LogP contribution in [0.5, 0.6) is 0 Å². The molecule has 0 saturated carbocycles. The first kappa shape index (κ1) is 12.8. The highest BCUT2D eigenvalue weighted by molar-refractivity contribution is 7.92. The SMILES string of the molecule is Cc1cc(NS(=O)(=O)c2ccc(Cl)cc2F)n[nH]1. The van der Waals surface area contributed by atoms with Crippen LogP contribution in [0, 0.1) is 12.7 Å². The number of H-pyrrole nitrogens is 1. The molecule has 0 amide bonds. The van der Waals surface area contributed by atoms with Crippen LogP contribution in [-0.4, -0.2) is 18.6 Å². The van der Waals surface area contributed by atoms with Crippen LogP contribution in [0.1, 0.15) is 5.69 Å². The van der Waals surface area contributed by atoms with Crippen molar-refractivity contribution in [2.45, 2.75) is 11.8 Å². The van der Waals surface area contributed by atoms with Crippen LogP contribution < -0.4 is 4.72 Å². The Kier molecular flexibility index (Phi) is 3.27. The van der Waals surface area contributed by atoms with E-state index in [4.69, 9.17) is 11.6 Å². The maximum Gasteiger partial charge on any atom is 0.266 e. The third-order valence-electron chi connectivity index (χ3n) is 2.13. The monoisotopic (exact) mass is 289 g/mol. The Balaban J connectivity index is 2.36. The van der Waals surface area contributed by atoms with Gasteiger partial charge in [-0.05, 0) is 25.1 Å². The van der Waals surface area contributed by atoms with E-state index in [1.54, 1.807) is 6.92 Å². The Bertz CT molecular complexity index is 684. The Labute approximate surface area is 108 Å². The van der Waals surface area contributed by atoms with E-state index in [9.17, 15) is 12.8 Å². The minimum absolute atomic E-state index is 0.0989. The quantitative estimate of drug-likeness (QED) is 0.910. The largest absolute Gasteiger partial charge is 0.281 e. The molecule has 5 nitrogen and oxygen atoms in total. The van der Waals surface area contributed by atoms with Crippen LogP contribution in [0.4, 0.5) is 10.2 Å². The van der Waals surface area contributed by atoms with Gasteiger partial charge in [0.2, 0.25) is 0 Å². The molecule has 0 spiro atoms. The first-order valence-corrected chi connectivity index (χ1v) is 6.74. The molecule has 0 aliphatic heterocycles. The topological polar surface area (TPSA) is 74.8 Å². The van der Waals surface area contributed by atoms with Gasteiger partial charge in [-0.1, -0.05) is 11.6 Å².